The monoisotopic (exact) mass is 295 g/mol. The molecule has 67 valence electrons. The van der Waals surface area contributed by atoms with Gasteiger partial charge in [-0.15, -0.1) is 0 Å². The van der Waals surface area contributed by atoms with Crippen molar-refractivity contribution in [1.29, 1.82) is 0 Å². The maximum atomic E-state index is 5.25. The van der Waals surface area contributed by atoms with Crippen LogP contribution in [-0.4, -0.2) is 18.7 Å². The van der Waals surface area contributed by atoms with Crippen molar-refractivity contribution < 1.29 is 9.47 Å². The topological polar surface area (TPSA) is 18.5 Å². The first kappa shape index (κ1) is 10.3. The summed E-state index contributed by atoms with van der Waals surface area (Å²) in [7, 11) is 3.24. The Morgan fingerprint density at radius 2 is 2.08 bits per heavy atom. The highest BCUT2D eigenvalue weighted by molar-refractivity contribution is 9.14. The third-order valence-corrected chi connectivity index (χ3v) is 4.09. The van der Waals surface area contributed by atoms with Crippen molar-refractivity contribution in [3.05, 3.63) is 28.8 Å². The van der Waals surface area contributed by atoms with Gasteiger partial charge in [-0.25, -0.2) is 0 Å². The lowest BCUT2D eigenvalue weighted by molar-refractivity contribution is 0.146. The second-order valence-electron chi connectivity index (χ2n) is 2.26. The molecule has 1 atom stereocenters. The van der Waals surface area contributed by atoms with Crippen LogP contribution >= 0.6 is 31.9 Å². The quantitative estimate of drug-likeness (QED) is 0.730. The van der Waals surface area contributed by atoms with Crippen LogP contribution in [-0.2, 0) is 9.47 Å². The lowest BCUT2D eigenvalue weighted by Crippen LogP contribution is -2.24. The van der Waals surface area contributed by atoms with E-state index < -0.39 is 4.51 Å². The van der Waals surface area contributed by atoms with E-state index in [1.54, 1.807) is 14.2 Å². The molecule has 1 rings (SSSR count). The Labute approximate surface area is 88.9 Å². The average Bonchev–Trinajstić information content (AvgIpc) is 2.10. The van der Waals surface area contributed by atoms with Crippen LogP contribution in [0.15, 0.2) is 22.4 Å². The van der Waals surface area contributed by atoms with Crippen LogP contribution in [0.5, 0.6) is 0 Å². The van der Waals surface area contributed by atoms with E-state index in [-0.39, 0.29) is 0 Å². The third-order valence-electron chi connectivity index (χ3n) is 1.59. The van der Waals surface area contributed by atoms with Crippen molar-refractivity contribution in [3.63, 3.8) is 0 Å². The van der Waals surface area contributed by atoms with E-state index in [9.17, 15) is 0 Å². The van der Waals surface area contributed by atoms with Crippen molar-refractivity contribution in [2.24, 2.45) is 0 Å². The van der Waals surface area contributed by atoms with Gasteiger partial charge in [-0.2, -0.15) is 0 Å². The minimum atomic E-state index is -0.576. The average molecular weight is 297 g/mol. The van der Waals surface area contributed by atoms with Crippen LogP contribution < -0.4 is 0 Å². The van der Waals surface area contributed by atoms with E-state index >= 15 is 0 Å². The number of rotatable bonds is 2. The molecular formula is C8H9Br2O2. The predicted molar refractivity (Wildman–Crippen MR) is 55.1 cm³/mol. The molecule has 0 spiro atoms. The largest absolute Gasteiger partial charge is 0.499 e. The van der Waals surface area contributed by atoms with Gasteiger partial charge in [0.05, 0.1) is 11.6 Å². The Bertz CT molecular complexity index is 235. The van der Waals surface area contributed by atoms with E-state index in [1.807, 2.05) is 18.6 Å². The van der Waals surface area contributed by atoms with Crippen LogP contribution in [0.2, 0.25) is 0 Å². The Morgan fingerprint density at radius 1 is 1.42 bits per heavy atom. The summed E-state index contributed by atoms with van der Waals surface area (Å²) in [6, 6.07) is 0. The number of methoxy groups -OCH3 is 2. The molecule has 0 amide bonds. The summed E-state index contributed by atoms with van der Waals surface area (Å²) in [5.74, 6) is 0.760. The summed E-state index contributed by atoms with van der Waals surface area (Å²) < 4.78 is 10.6. The molecule has 1 aliphatic carbocycles. The Kier molecular flexibility index (Phi) is 3.37. The molecular weight excluding hydrogens is 288 g/mol. The van der Waals surface area contributed by atoms with Gasteiger partial charge >= 0.3 is 0 Å². The molecule has 0 N–H and O–H groups in total. The molecule has 0 aliphatic heterocycles. The van der Waals surface area contributed by atoms with Gasteiger partial charge in [0.1, 0.15) is 5.76 Å². The van der Waals surface area contributed by atoms with Gasteiger partial charge in [0.15, 0.2) is 4.51 Å². The normalized spacial score (nSPS) is 29.3. The lowest BCUT2D eigenvalue weighted by atomic mass is 10.1. The fourth-order valence-electron chi connectivity index (χ4n) is 0.889. The molecule has 1 radical (unpaired) electrons. The van der Waals surface area contributed by atoms with Gasteiger partial charge in [-0.3, -0.25) is 0 Å². The number of allylic oxidation sites excluding steroid dienone is 1. The second-order valence-corrected chi connectivity index (χ2v) is 4.23. The summed E-state index contributed by atoms with van der Waals surface area (Å²) in [4.78, 5) is 0. The summed E-state index contributed by atoms with van der Waals surface area (Å²) in [6.07, 6.45) is 5.63. The smallest absolute Gasteiger partial charge is 0.176 e. The minimum absolute atomic E-state index is 0.576. The fourth-order valence-corrected chi connectivity index (χ4v) is 1.82. The fraction of sp³-hybridized carbons (Fsp3) is 0.375. The Morgan fingerprint density at radius 3 is 2.58 bits per heavy atom. The molecule has 0 saturated heterocycles. The molecule has 1 aliphatic rings. The summed E-state index contributed by atoms with van der Waals surface area (Å²) in [5, 5.41) is 0. The van der Waals surface area contributed by atoms with Crippen molar-refractivity contribution in [1.82, 2.24) is 0 Å². The lowest BCUT2D eigenvalue weighted by Gasteiger charge is -2.26. The maximum Gasteiger partial charge on any atom is 0.176 e. The summed E-state index contributed by atoms with van der Waals surface area (Å²) in [6.45, 7) is 0. The highest BCUT2D eigenvalue weighted by Crippen LogP contribution is 2.40. The van der Waals surface area contributed by atoms with E-state index in [0.717, 1.165) is 10.2 Å². The van der Waals surface area contributed by atoms with Crippen LogP contribution in [0.1, 0.15) is 0 Å². The number of hydrogen-bond acceptors (Lipinski definition) is 2. The van der Waals surface area contributed by atoms with Crippen molar-refractivity contribution in [3.8, 4) is 0 Å². The standard InChI is InChI=1S/C8H9Br2O2/c1-11-6-4-3-5-8(10,12-2)7(6)9/h3-5H,1-2H3. The molecule has 12 heavy (non-hydrogen) atoms. The summed E-state index contributed by atoms with van der Waals surface area (Å²) in [5.41, 5.74) is 0. The third kappa shape index (κ3) is 1.75. The minimum Gasteiger partial charge on any atom is -0.499 e. The van der Waals surface area contributed by atoms with Gasteiger partial charge < -0.3 is 9.47 Å². The zero-order valence-corrected chi connectivity index (χ0v) is 9.98. The number of alkyl halides is 1. The molecule has 2 nitrogen and oxygen atoms in total. The van der Waals surface area contributed by atoms with Crippen LogP contribution in [0.4, 0.5) is 0 Å². The highest BCUT2D eigenvalue weighted by atomic mass is 79.9. The van der Waals surface area contributed by atoms with Crippen molar-refractivity contribution in [2.75, 3.05) is 14.2 Å². The van der Waals surface area contributed by atoms with Gasteiger partial charge in [0.2, 0.25) is 0 Å². The molecule has 0 saturated carbocycles. The SMILES string of the molecule is COC1=C(Br)C(Br)(OC)C=C[CH]1. The molecule has 0 bridgehead atoms. The molecule has 0 fully saturated rings. The van der Waals surface area contributed by atoms with E-state index in [4.69, 9.17) is 9.47 Å². The molecule has 0 aromatic carbocycles. The van der Waals surface area contributed by atoms with Gasteiger partial charge in [-0.1, -0.05) is 6.08 Å². The number of hydrogen-bond donors (Lipinski definition) is 0. The van der Waals surface area contributed by atoms with Crippen LogP contribution in [0.25, 0.3) is 0 Å². The zero-order valence-electron chi connectivity index (χ0n) is 6.80. The second kappa shape index (κ2) is 3.94. The molecule has 4 heteroatoms. The van der Waals surface area contributed by atoms with E-state index in [0.29, 0.717) is 0 Å². The van der Waals surface area contributed by atoms with Crippen molar-refractivity contribution >= 4 is 31.9 Å². The highest BCUT2D eigenvalue weighted by Gasteiger charge is 2.32. The molecule has 1 unspecified atom stereocenters. The summed E-state index contributed by atoms with van der Waals surface area (Å²) >= 11 is 6.83. The van der Waals surface area contributed by atoms with Gasteiger partial charge in [-0.05, 0) is 37.9 Å². The van der Waals surface area contributed by atoms with Gasteiger partial charge in [0.25, 0.3) is 0 Å². The Hall–Kier alpha value is 0.200. The first-order valence-corrected chi connectivity index (χ1v) is 4.93. The first-order chi connectivity index (χ1) is 5.64. The number of ether oxygens (including phenoxy) is 2. The number of halogens is 2. The predicted octanol–water partition coefficient (Wildman–Crippen LogP) is 2.75. The Balaban J connectivity index is 2.97. The molecule has 0 aromatic heterocycles. The maximum absolute atomic E-state index is 5.25. The van der Waals surface area contributed by atoms with Crippen molar-refractivity contribution in [2.45, 2.75) is 4.51 Å². The van der Waals surface area contributed by atoms with E-state index in [1.165, 1.54) is 0 Å². The molecule has 0 heterocycles. The first-order valence-electron chi connectivity index (χ1n) is 3.35. The van der Waals surface area contributed by atoms with E-state index in [2.05, 4.69) is 31.9 Å². The van der Waals surface area contributed by atoms with Gasteiger partial charge in [0, 0.05) is 13.5 Å². The zero-order chi connectivity index (χ0) is 9.19. The van der Waals surface area contributed by atoms with Crippen LogP contribution in [0.3, 0.4) is 0 Å². The molecule has 0 aromatic rings. The van der Waals surface area contributed by atoms with Crippen LogP contribution in [0, 0.1) is 6.42 Å².